The van der Waals surface area contributed by atoms with Crippen molar-refractivity contribution in [2.45, 2.75) is 0 Å². The lowest BCUT2D eigenvalue weighted by molar-refractivity contribution is 1.09. The smallest absolute Gasteiger partial charge is 0.226 e. The average Bonchev–Trinajstić information content (AvgIpc) is 2.96. The molecule has 0 aliphatic rings. The third kappa shape index (κ3) is 3.65. The van der Waals surface area contributed by atoms with Crippen LogP contribution in [-0.4, -0.2) is 16.4 Å². The molecule has 7 heteroatoms. The van der Waals surface area contributed by atoms with Gasteiger partial charge in [-0.15, -0.1) is 10.2 Å². The Labute approximate surface area is 146 Å². The molecule has 1 aromatic heterocycles. The van der Waals surface area contributed by atoms with Gasteiger partial charge in [-0.05, 0) is 24.3 Å². The summed E-state index contributed by atoms with van der Waals surface area (Å²) in [4.78, 5) is 4.30. The Bertz CT molecular complexity index is 828. The van der Waals surface area contributed by atoms with Gasteiger partial charge in [-0.2, -0.15) is 0 Å². The fourth-order valence-electron chi connectivity index (χ4n) is 1.71. The third-order valence-electron chi connectivity index (χ3n) is 2.78. The van der Waals surface area contributed by atoms with Crippen LogP contribution in [0.4, 0.5) is 5.13 Å². The van der Waals surface area contributed by atoms with Gasteiger partial charge in [0.2, 0.25) is 5.13 Å². The first-order valence-corrected chi connectivity index (χ1v) is 8.15. The molecule has 110 valence electrons. The number of hydrogen-bond acceptors (Lipinski definition) is 4. The van der Waals surface area contributed by atoms with Crippen molar-refractivity contribution in [3.63, 3.8) is 0 Å². The van der Waals surface area contributed by atoms with Gasteiger partial charge in [-0.1, -0.05) is 64.3 Å². The van der Waals surface area contributed by atoms with Crippen molar-refractivity contribution in [3.8, 4) is 10.6 Å². The lowest BCUT2D eigenvalue weighted by atomic mass is 10.2. The molecule has 0 radical (unpaired) electrons. The largest absolute Gasteiger partial charge is 0.231 e. The van der Waals surface area contributed by atoms with Gasteiger partial charge in [-0.3, -0.25) is 0 Å². The molecule has 0 N–H and O–H groups in total. The second kappa shape index (κ2) is 6.75. The average molecular weight is 369 g/mol. The third-order valence-corrected chi connectivity index (χ3v) is 4.48. The summed E-state index contributed by atoms with van der Waals surface area (Å²) in [6.07, 6.45) is 1.64. The molecule has 0 atom stereocenters. The summed E-state index contributed by atoms with van der Waals surface area (Å²) < 4.78 is 0. The number of nitrogens with zero attached hydrogens (tertiary/aromatic N) is 3. The molecular formula is C15H8Cl3N3S. The van der Waals surface area contributed by atoms with E-state index in [1.165, 1.54) is 11.3 Å². The number of rotatable bonds is 3. The van der Waals surface area contributed by atoms with Crippen molar-refractivity contribution < 1.29 is 0 Å². The molecule has 0 aliphatic carbocycles. The Morgan fingerprint density at radius 1 is 0.909 bits per heavy atom. The summed E-state index contributed by atoms with van der Waals surface area (Å²) in [7, 11) is 0. The van der Waals surface area contributed by atoms with Crippen LogP contribution in [0.2, 0.25) is 15.1 Å². The van der Waals surface area contributed by atoms with Gasteiger partial charge < -0.3 is 0 Å². The highest BCUT2D eigenvalue weighted by Crippen LogP contribution is 2.29. The summed E-state index contributed by atoms with van der Waals surface area (Å²) in [5.74, 6) is 0. The van der Waals surface area contributed by atoms with Crippen LogP contribution in [0.1, 0.15) is 5.56 Å². The maximum Gasteiger partial charge on any atom is 0.231 e. The van der Waals surface area contributed by atoms with E-state index in [1.807, 2.05) is 24.3 Å². The molecule has 0 saturated carbocycles. The van der Waals surface area contributed by atoms with Crippen molar-refractivity contribution >= 4 is 57.5 Å². The fourth-order valence-corrected chi connectivity index (χ4v) is 2.99. The normalized spacial score (nSPS) is 11.2. The van der Waals surface area contributed by atoms with E-state index in [0.717, 1.165) is 16.1 Å². The molecule has 0 unspecified atom stereocenters. The summed E-state index contributed by atoms with van der Waals surface area (Å²) in [6.45, 7) is 0. The van der Waals surface area contributed by atoms with Crippen molar-refractivity contribution in [1.82, 2.24) is 10.2 Å². The summed E-state index contributed by atoms with van der Waals surface area (Å²) >= 11 is 19.2. The maximum atomic E-state index is 6.09. The van der Waals surface area contributed by atoms with E-state index in [2.05, 4.69) is 15.2 Å². The Kier molecular flexibility index (Phi) is 4.74. The maximum absolute atomic E-state index is 6.09. The van der Waals surface area contributed by atoms with Gasteiger partial charge in [0.25, 0.3) is 0 Å². The minimum absolute atomic E-state index is 0.540. The van der Waals surface area contributed by atoms with Gasteiger partial charge in [0, 0.05) is 27.4 Å². The zero-order chi connectivity index (χ0) is 15.5. The molecule has 0 bridgehead atoms. The van der Waals surface area contributed by atoms with Gasteiger partial charge in [0.15, 0.2) is 0 Å². The molecule has 3 rings (SSSR count). The van der Waals surface area contributed by atoms with Crippen molar-refractivity contribution in [1.29, 1.82) is 0 Å². The second-order valence-corrected chi connectivity index (χ2v) is 6.56. The van der Waals surface area contributed by atoms with E-state index in [4.69, 9.17) is 34.8 Å². The molecule has 3 nitrogen and oxygen atoms in total. The highest BCUT2D eigenvalue weighted by molar-refractivity contribution is 7.18. The Morgan fingerprint density at radius 3 is 2.36 bits per heavy atom. The minimum Gasteiger partial charge on any atom is -0.226 e. The quantitative estimate of drug-likeness (QED) is 0.538. The van der Waals surface area contributed by atoms with Crippen LogP contribution in [0.3, 0.4) is 0 Å². The van der Waals surface area contributed by atoms with E-state index in [9.17, 15) is 0 Å². The zero-order valence-electron chi connectivity index (χ0n) is 11.0. The first-order valence-electron chi connectivity index (χ1n) is 6.20. The summed E-state index contributed by atoms with van der Waals surface area (Å²) in [6, 6.07) is 12.6. The number of aliphatic imine (C=N–C) groups is 1. The minimum atomic E-state index is 0.540. The molecule has 0 amide bonds. The SMILES string of the molecule is Clc1ccc(-c2nnc(N=Cc3ccc(Cl)cc3Cl)s2)cc1. The summed E-state index contributed by atoms with van der Waals surface area (Å²) in [5.41, 5.74) is 1.72. The van der Waals surface area contributed by atoms with E-state index < -0.39 is 0 Å². The number of hydrogen-bond donors (Lipinski definition) is 0. The first-order chi connectivity index (χ1) is 10.6. The fraction of sp³-hybridized carbons (Fsp3) is 0. The van der Waals surface area contributed by atoms with Crippen LogP contribution in [0.5, 0.6) is 0 Å². The molecular weight excluding hydrogens is 361 g/mol. The predicted molar refractivity (Wildman–Crippen MR) is 94.1 cm³/mol. The Hall–Kier alpha value is -1.46. The highest BCUT2D eigenvalue weighted by atomic mass is 35.5. The highest BCUT2D eigenvalue weighted by Gasteiger charge is 2.06. The lowest BCUT2D eigenvalue weighted by Crippen LogP contribution is -1.82. The Morgan fingerprint density at radius 2 is 1.64 bits per heavy atom. The molecule has 1 heterocycles. The van der Waals surface area contributed by atoms with E-state index in [-0.39, 0.29) is 0 Å². The number of aromatic nitrogens is 2. The van der Waals surface area contributed by atoms with Crippen molar-refractivity contribution in [3.05, 3.63) is 63.1 Å². The Balaban J connectivity index is 1.82. The molecule has 0 spiro atoms. The molecule has 2 aromatic carbocycles. The van der Waals surface area contributed by atoms with Gasteiger partial charge >= 0.3 is 0 Å². The zero-order valence-corrected chi connectivity index (χ0v) is 14.1. The van der Waals surface area contributed by atoms with E-state index >= 15 is 0 Å². The first kappa shape index (κ1) is 15.4. The van der Waals surface area contributed by atoms with Gasteiger partial charge in [0.1, 0.15) is 5.01 Å². The van der Waals surface area contributed by atoms with Crippen LogP contribution in [0.15, 0.2) is 47.5 Å². The predicted octanol–water partition coefficient (Wildman–Crippen LogP) is 5.92. The van der Waals surface area contributed by atoms with E-state index in [1.54, 1.807) is 24.4 Å². The van der Waals surface area contributed by atoms with Crippen molar-refractivity contribution in [2.24, 2.45) is 4.99 Å². The van der Waals surface area contributed by atoms with Crippen molar-refractivity contribution in [2.75, 3.05) is 0 Å². The van der Waals surface area contributed by atoms with Crippen LogP contribution < -0.4 is 0 Å². The molecule has 3 aromatic rings. The molecule has 0 saturated heterocycles. The van der Waals surface area contributed by atoms with Crippen LogP contribution >= 0.6 is 46.1 Å². The number of halogens is 3. The lowest BCUT2D eigenvalue weighted by Gasteiger charge is -1.96. The van der Waals surface area contributed by atoms with Gasteiger partial charge in [-0.25, -0.2) is 4.99 Å². The monoisotopic (exact) mass is 367 g/mol. The number of benzene rings is 2. The van der Waals surface area contributed by atoms with Crippen LogP contribution in [-0.2, 0) is 0 Å². The molecule has 0 aliphatic heterocycles. The molecule has 0 fully saturated rings. The van der Waals surface area contributed by atoms with Gasteiger partial charge in [0.05, 0.1) is 5.02 Å². The van der Waals surface area contributed by atoms with Crippen LogP contribution in [0, 0.1) is 0 Å². The second-order valence-electron chi connectivity index (χ2n) is 4.32. The summed E-state index contributed by atoms with van der Waals surface area (Å²) in [5, 5.41) is 11.3. The molecule has 22 heavy (non-hydrogen) atoms. The van der Waals surface area contributed by atoms with Crippen LogP contribution in [0.25, 0.3) is 10.6 Å². The standard InChI is InChI=1S/C15H8Cl3N3S/c16-11-4-1-9(2-5-11)14-20-21-15(22-14)19-8-10-3-6-12(17)7-13(10)18/h1-8H. The van der Waals surface area contributed by atoms with E-state index in [0.29, 0.717) is 20.2 Å². The topological polar surface area (TPSA) is 38.1 Å².